The SMILES string of the molecule is CC(=O)Nc1ccc(-n2cncn2)cc1C(C)=O. The smallest absolute Gasteiger partial charge is 0.221 e. The normalized spacial score (nSPS) is 10.1. The fraction of sp³-hybridized carbons (Fsp3) is 0.167. The molecule has 0 saturated heterocycles. The maximum atomic E-state index is 11.6. The molecule has 6 heteroatoms. The number of benzene rings is 1. The second kappa shape index (κ2) is 4.79. The van der Waals surface area contributed by atoms with E-state index in [-0.39, 0.29) is 11.7 Å². The van der Waals surface area contributed by atoms with Gasteiger partial charge >= 0.3 is 0 Å². The number of rotatable bonds is 3. The highest BCUT2D eigenvalue weighted by Crippen LogP contribution is 2.20. The van der Waals surface area contributed by atoms with E-state index in [2.05, 4.69) is 15.4 Å². The zero-order valence-electron chi connectivity index (χ0n) is 10.0. The molecule has 1 aromatic heterocycles. The van der Waals surface area contributed by atoms with Crippen LogP contribution in [-0.2, 0) is 4.79 Å². The third-order valence-corrected chi connectivity index (χ3v) is 2.38. The Labute approximate surface area is 104 Å². The average Bonchev–Trinajstić information content (AvgIpc) is 2.82. The van der Waals surface area contributed by atoms with Gasteiger partial charge in [-0.2, -0.15) is 5.10 Å². The minimum absolute atomic E-state index is 0.124. The molecule has 0 aliphatic carbocycles. The largest absolute Gasteiger partial charge is 0.326 e. The first-order valence-electron chi connectivity index (χ1n) is 5.35. The van der Waals surface area contributed by atoms with Gasteiger partial charge in [-0.15, -0.1) is 0 Å². The summed E-state index contributed by atoms with van der Waals surface area (Å²) in [5, 5.41) is 6.61. The Morgan fingerprint density at radius 1 is 1.28 bits per heavy atom. The lowest BCUT2D eigenvalue weighted by Gasteiger charge is -2.09. The summed E-state index contributed by atoms with van der Waals surface area (Å²) >= 11 is 0. The lowest BCUT2D eigenvalue weighted by molar-refractivity contribution is -0.114. The van der Waals surface area contributed by atoms with Crippen molar-refractivity contribution in [1.82, 2.24) is 14.8 Å². The summed E-state index contributed by atoms with van der Waals surface area (Å²) in [5.74, 6) is -0.341. The summed E-state index contributed by atoms with van der Waals surface area (Å²) in [5.41, 5.74) is 1.66. The molecule has 6 nitrogen and oxygen atoms in total. The average molecular weight is 244 g/mol. The molecule has 2 rings (SSSR count). The molecule has 0 aliphatic heterocycles. The van der Waals surface area contributed by atoms with Gasteiger partial charge in [0.15, 0.2) is 5.78 Å². The molecule has 0 aliphatic rings. The first kappa shape index (κ1) is 12.0. The molecule has 92 valence electrons. The van der Waals surface area contributed by atoms with Gasteiger partial charge in [-0.3, -0.25) is 9.59 Å². The Balaban J connectivity index is 2.46. The van der Waals surface area contributed by atoms with Crippen molar-refractivity contribution in [2.45, 2.75) is 13.8 Å². The predicted octanol–water partition coefficient (Wildman–Crippen LogP) is 1.43. The monoisotopic (exact) mass is 244 g/mol. The molecule has 0 atom stereocenters. The lowest BCUT2D eigenvalue weighted by Crippen LogP contribution is -2.10. The molecule has 1 aromatic carbocycles. The van der Waals surface area contributed by atoms with E-state index in [0.717, 1.165) is 0 Å². The van der Waals surface area contributed by atoms with Gasteiger partial charge in [-0.05, 0) is 25.1 Å². The highest BCUT2D eigenvalue weighted by atomic mass is 16.1. The fourth-order valence-electron chi connectivity index (χ4n) is 1.61. The van der Waals surface area contributed by atoms with Gasteiger partial charge in [0.25, 0.3) is 0 Å². The third kappa shape index (κ3) is 2.42. The van der Waals surface area contributed by atoms with Crippen LogP contribution in [0, 0.1) is 0 Å². The molecule has 0 unspecified atom stereocenters. The number of nitrogens with zero attached hydrogens (tertiary/aromatic N) is 3. The Bertz CT molecular complexity index is 590. The number of ketones is 1. The van der Waals surface area contributed by atoms with Crippen LogP contribution in [0.15, 0.2) is 30.9 Å². The van der Waals surface area contributed by atoms with Crippen molar-refractivity contribution in [2.24, 2.45) is 0 Å². The molecule has 0 radical (unpaired) electrons. The van der Waals surface area contributed by atoms with Crippen LogP contribution in [0.1, 0.15) is 24.2 Å². The predicted molar refractivity (Wildman–Crippen MR) is 65.7 cm³/mol. The second-order valence-corrected chi connectivity index (χ2v) is 3.81. The van der Waals surface area contributed by atoms with Gasteiger partial charge in [-0.1, -0.05) is 0 Å². The molecule has 0 spiro atoms. The molecule has 18 heavy (non-hydrogen) atoms. The van der Waals surface area contributed by atoms with E-state index in [9.17, 15) is 9.59 Å². The van der Waals surface area contributed by atoms with Crippen LogP contribution in [0.2, 0.25) is 0 Å². The first-order valence-corrected chi connectivity index (χ1v) is 5.35. The summed E-state index contributed by atoms with van der Waals surface area (Å²) in [6.45, 7) is 2.85. The molecule has 1 amide bonds. The quantitative estimate of drug-likeness (QED) is 0.828. The van der Waals surface area contributed by atoms with E-state index in [1.807, 2.05) is 0 Å². The van der Waals surface area contributed by atoms with E-state index in [4.69, 9.17) is 0 Å². The molecule has 0 bridgehead atoms. The number of Topliss-reactive ketones (excluding diaryl/α,β-unsaturated/α-hetero) is 1. The number of carbonyl (C=O) groups excluding carboxylic acids is 2. The number of hydrogen-bond acceptors (Lipinski definition) is 4. The Morgan fingerprint density at radius 2 is 2.06 bits per heavy atom. The van der Waals surface area contributed by atoms with Crippen molar-refractivity contribution < 1.29 is 9.59 Å². The Hall–Kier alpha value is -2.50. The van der Waals surface area contributed by atoms with Crippen LogP contribution >= 0.6 is 0 Å². The van der Waals surface area contributed by atoms with Crippen LogP contribution in [-0.4, -0.2) is 26.5 Å². The van der Waals surface area contributed by atoms with E-state index in [1.54, 1.807) is 22.9 Å². The van der Waals surface area contributed by atoms with Gasteiger partial charge in [-0.25, -0.2) is 9.67 Å². The van der Waals surface area contributed by atoms with Crippen molar-refractivity contribution in [3.8, 4) is 5.69 Å². The molecule has 0 saturated carbocycles. The molecular weight excluding hydrogens is 232 g/mol. The summed E-state index contributed by atoms with van der Waals surface area (Å²) < 4.78 is 1.55. The van der Waals surface area contributed by atoms with Gasteiger partial charge in [0, 0.05) is 12.5 Å². The zero-order chi connectivity index (χ0) is 13.1. The zero-order valence-corrected chi connectivity index (χ0v) is 10.0. The number of amides is 1. The maximum Gasteiger partial charge on any atom is 0.221 e. The number of anilines is 1. The van der Waals surface area contributed by atoms with Crippen molar-refractivity contribution in [1.29, 1.82) is 0 Å². The number of aromatic nitrogens is 3. The van der Waals surface area contributed by atoms with Crippen molar-refractivity contribution in [2.75, 3.05) is 5.32 Å². The van der Waals surface area contributed by atoms with Crippen LogP contribution < -0.4 is 5.32 Å². The van der Waals surface area contributed by atoms with Gasteiger partial charge in [0.1, 0.15) is 12.7 Å². The van der Waals surface area contributed by atoms with Gasteiger partial charge in [0.2, 0.25) is 5.91 Å². The number of nitrogens with one attached hydrogen (secondary N) is 1. The van der Waals surface area contributed by atoms with Crippen molar-refractivity contribution in [3.05, 3.63) is 36.4 Å². The summed E-state index contributed by atoms with van der Waals surface area (Å²) in [4.78, 5) is 26.5. The first-order chi connectivity index (χ1) is 8.58. The molecular formula is C12H12N4O2. The molecule has 2 aromatic rings. The van der Waals surface area contributed by atoms with E-state index >= 15 is 0 Å². The minimum atomic E-state index is -0.217. The summed E-state index contributed by atoms with van der Waals surface area (Å²) in [6.07, 6.45) is 2.95. The third-order valence-electron chi connectivity index (χ3n) is 2.38. The Morgan fingerprint density at radius 3 is 2.61 bits per heavy atom. The lowest BCUT2D eigenvalue weighted by atomic mass is 10.1. The number of hydrogen-bond donors (Lipinski definition) is 1. The van der Waals surface area contributed by atoms with Crippen LogP contribution in [0.4, 0.5) is 5.69 Å². The van der Waals surface area contributed by atoms with Gasteiger partial charge in [0.05, 0.1) is 11.4 Å². The van der Waals surface area contributed by atoms with E-state index in [0.29, 0.717) is 16.9 Å². The summed E-state index contributed by atoms with van der Waals surface area (Å²) in [6, 6.07) is 5.10. The highest BCUT2D eigenvalue weighted by molar-refractivity contribution is 6.03. The fourth-order valence-corrected chi connectivity index (χ4v) is 1.61. The van der Waals surface area contributed by atoms with E-state index in [1.165, 1.54) is 26.5 Å². The van der Waals surface area contributed by atoms with E-state index < -0.39 is 0 Å². The van der Waals surface area contributed by atoms with Crippen LogP contribution in [0.25, 0.3) is 5.69 Å². The molecule has 1 heterocycles. The number of carbonyl (C=O) groups is 2. The second-order valence-electron chi connectivity index (χ2n) is 3.81. The Kier molecular flexibility index (Phi) is 3.18. The topological polar surface area (TPSA) is 76.9 Å². The molecule has 1 N–H and O–H groups in total. The van der Waals surface area contributed by atoms with Gasteiger partial charge < -0.3 is 5.32 Å². The highest BCUT2D eigenvalue weighted by Gasteiger charge is 2.10. The van der Waals surface area contributed by atoms with Crippen molar-refractivity contribution >= 4 is 17.4 Å². The molecule has 0 fully saturated rings. The minimum Gasteiger partial charge on any atom is -0.326 e. The van der Waals surface area contributed by atoms with Crippen LogP contribution in [0.3, 0.4) is 0 Å². The maximum absolute atomic E-state index is 11.6. The standard InChI is InChI=1S/C12H12N4O2/c1-8(17)11-5-10(16-7-13-6-14-16)3-4-12(11)15-9(2)18/h3-7H,1-2H3,(H,15,18). The van der Waals surface area contributed by atoms with Crippen LogP contribution in [0.5, 0.6) is 0 Å². The summed E-state index contributed by atoms with van der Waals surface area (Å²) in [7, 11) is 0. The van der Waals surface area contributed by atoms with Crippen molar-refractivity contribution in [3.63, 3.8) is 0 Å².